The SMILES string of the molecule is CCc1oc(C(=O)NCC(C)(C)c2ccccc2C)cc1C(=O)O. The van der Waals surface area contributed by atoms with Crippen molar-refractivity contribution in [2.24, 2.45) is 0 Å². The number of nitrogens with one attached hydrogen (secondary N) is 1. The number of carbonyl (C=O) groups excluding carboxylic acids is 1. The molecule has 24 heavy (non-hydrogen) atoms. The number of hydrogen-bond acceptors (Lipinski definition) is 3. The first-order chi connectivity index (χ1) is 11.3. The molecule has 0 saturated carbocycles. The summed E-state index contributed by atoms with van der Waals surface area (Å²) < 4.78 is 5.39. The molecule has 1 aromatic carbocycles. The molecule has 1 amide bonds. The fourth-order valence-electron chi connectivity index (χ4n) is 2.80. The molecule has 0 bridgehead atoms. The Balaban J connectivity index is 2.13. The van der Waals surface area contributed by atoms with Crippen LogP contribution >= 0.6 is 0 Å². The van der Waals surface area contributed by atoms with Crippen molar-refractivity contribution in [3.8, 4) is 0 Å². The quantitative estimate of drug-likeness (QED) is 0.849. The molecule has 2 aromatic rings. The van der Waals surface area contributed by atoms with Crippen molar-refractivity contribution in [2.75, 3.05) is 6.54 Å². The molecule has 2 rings (SSSR count). The highest BCUT2D eigenvalue weighted by molar-refractivity contribution is 5.96. The van der Waals surface area contributed by atoms with Gasteiger partial charge in [0.15, 0.2) is 5.76 Å². The molecule has 5 nitrogen and oxygen atoms in total. The van der Waals surface area contributed by atoms with Gasteiger partial charge < -0.3 is 14.8 Å². The molecule has 0 fully saturated rings. The standard InChI is InChI=1S/C19H23NO4/c1-5-15-13(18(22)23)10-16(24-15)17(21)20-11-19(3,4)14-9-7-6-8-12(14)2/h6-10H,5,11H2,1-4H3,(H,20,21)(H,22,23). The second-order valence-electron chi connectivity index (χ2n) is 6.49. The van der Waals surface area contributed by atoms with Crippen molar-refractivity contribution >= 4 is 11.9 Å². The molecule has 1 heterocycles. The summed E-state index contributed by atoms with van der Waals surface area (Å²) >= 11 is 0. The first-order valence-corrected chi connectivity index (χ1v) is 7.96. The summed E-state index contributed by atoms with van der Waals surface area (Å²) in [6.45, 7) is 8.35. The molecule has 0 spiro atoms. The van der Waals surface area contributed by atoms with E-state index in [9.17, 15) is 9.59 Å². The van der Waals surface area contributed by atoms with Crippen molar-refractivity contribution in [1.29, 1.82) is 0 Å². The van der Waals surface area contributed by atoms with Gasteiger partial charge in [-0.15, -0.1) is 0 Å². The van der Waals surface area contributed by atoms with Crippen LogP contribution in [0.5, 0.6) is 0 Å². The van der Waals surface area contributed by atoms with E-state index >= 15 is 0 Å². The van der Waals surface area contributed by atoms with E-state index in [4.69, 9.17) is 9.52 Å². The van der Waals surface area contributed by atoms with Crippen LogP contribution in [0.2, 0.25) is 0 Å². The van der Waals surface area contributed by atoms with E-state index in [1.165, 1.54) is 6.07 Å². The first-order valence-electron chi connectivity index (χ1n) is 7.96. The largest absolute Gasteiger partial charge is 0.478 e. The van der Waals surface area contributed by atoms with E-state index in [0.29, 0.717) is 18.7 Å². The number of amides is 1. The lowest BCUT2D eigenvalue weighted by atomic mass is 9.82. The summed E-state index contributed by atoms with van der Waals surface area (Å²) in [6, 6.07) is 9.34. The number of carboxylic acid groups (broad SMARTS) is 1. The molecule has 0 unspecified atom stereocenters. The Morgan fingerprint density at radius 3 is 2.46 bits per heavy atom. The molecule has 0 aliphatic heterocycles. The number of rotatable bonds is 6. The van der Waals surface area contributed by atoms with Crippen LogP contribution in [-0.2, 0) is 11.8 Å². The first kappa shape index (κ1) is 17.8. The Kier molecular flexibility index (Phi) is 5.12. The Labute approximate surface area is 141 Å². The molecule has 0 aliphatic carbocycles. The van der Waals surface area contributed by atoms with Crippen LogP contribution < -0.4 is 5.32 Å². The summed E-state index contributed by atoms with van der Waals surface area (Å²) in [4.78, 5) is 23.5. The van der Waals surface area contributed by atoms with E-state index in [-0.39, 0.29) is 16.7 Å². The van der Waals surface area contributed by atoms with Crippen LogP contribution in [-0.4, -0.2) is 23.5 Å². The van der Waals surface area contributed by atoms with Crippen LogP contribution in [0.25, 0.3) is 0 Å². The van der Waals surface area contributed by atoms with Gasteiger partial charge in [0.05, 0.1) is 0 Å². The van der Waals surface area contributed by atoms with Gasteiger partial charge in [0.2, 0.25) is 0 Å². The van der Waals surface area contributed by atoms with Gasteiger partial charge in [-0.1, -0.05) is 45.0 Å². The Morgan fingerprint density at radius 2 is 1.92 bits per heavy atom. The molecule has 0 atom stereocenters. The maximum Gasteiger partial charge on any atom is 0.339 e. The maximum atomic E-state index is 12.3. The molecule has 5 heteroatoms. The third kappa shape index (κ3) is 3.67. The van der Waals surface area contributed by atoms with E-state index in [0.717, 1.165) is 11.1 Å². The van der Waals surface area contributed by atoms with Crippen LogP contribution in [0.1, 0.15) is 58.6 Å². The number of furan rings is 1. The monoisotopic (exact) mass is 329 g/mol. The predicted octanol–water partition coefficient (Wildman–Crippen LogP) is 3.56. The zero-order valence-electron chi connectivity index (χ0n) is 14.5. The average Bonchev–Trinajstić information content (AvgIpc) is 2.97. The van der Waals surface area contributed by atoms with Gasteiger partial charge in [-0.3, -0.25) is 4.79 Å². The molecular weight excluding hydrogens is 306 g/mol. The zero-order valence-corrected chi connectivity index (χ0v) is 14.5. The minimum Gasteiger partial charge on any atom is -0.478 e. The number of hydrogen-bond donors (Lipinski definition) is 2. The molecular formula is C19H23NO4. The van der Waals surface area contributed by atoms with Crippen molar-refractivity contribution in [3.05, 3.63) is 58.5 Å². The summed E-state index contributed by atoms with van der Waals surface area (Å²) in [5.41, 5.74) is 2.11. The normalized spacial score (nSPS) is 11.3. The van der Waals surface area contributed by atoms with E-state index in [1.54, 1.807) is 6.92 Å². The van der Waals surface area contributed by atoms with Crippen molar-refractivity contribution < 1.29 is 19.1 Å². The topological polar surface area (TPSA) is 79.5 Å². The minimum atomic E-state index is -1.09. The highest BCUT2D eigenvalue weighted by Gasteiger charge is 2.25. The summed E-state index contributed by atoms with van der Waals surface area (Å²) in [5.74, 6) is -1.15. The fraction of sp³-hybridized carbons (Fsp3) is 0.368. The number of aromatic carboxylic acids is 1. The van der Waals surface area contributed by atoms with Crippen LogP contribution in [0.3, 0.4) is 0 Å². The predicted molar refractivity (Wildman–Crippen MR) is 91.6 cm³/mol. The Hall–Kier alpha value is -2.56. The third-order valence-corrected chi connectivity index (χ3v) is 4.15. The zero-order chi connectivity index (χ0) is 17.9. The number of benzene rings is 1. The summed E-state index contributed by atoms with van der Waals surface area (Å²) in [7, 11) is 0. The van der Waals surface area contributed by atoms with Crippen molar-refractivity contribution in [2.45, 2.75) is 39.5 Å². The minimum absolute atomic E-state index is 0.0323. The summed E-state index contributed by atoms with van der Waals surface area (Å²) in [6.07, 6.45) is 0.420. The van der Waals surface area contributed by atoms with Gasteiger partial charge in [-0.2, -0.15) is 0 Å². The molecule has 1 aromatic heterocycles. The molecule has 128 valence electrons. The Morgan fingerprint density at radius 1 is 1.25 bits per heavy atom. The second-order valence-corrected chi connectivity index (χ2v) is 6.49. The van der Waals surface area contributed by atoms with Gasteiger partial charge in [-0.05, 0) is 18.1 Å². The fourth-order valence-corrected chi connectivity index (χ4v) is 2.80. The average molecular weight is 329 g/mol. The third-order valence-electron chi connectivity index (χ3n) is 4.15. The molecule has 0 aliphatic rings. The number of carbonyl (C=O) groups is 2. The number of carboxylic acids is 1. The van der Waals surface area contributed by atoms with Gasteiger partial charge in [-0.25, -0.2) is 4.79 Å². The molecule has 2 N–H and O–H groups in total. The summed E-state index contributed by atoms with van der Waals surface area (Å²) in [5, 5.41) is 12.0. The van der Waals surface area contributed by atoms with Gasteiger partial charge in [0, 0.05) is 24.4 Å². The van der Waals surface area contributed by atoms with E-state index < -0.39 is 11.9 Å². The van der Waals surface area contributed by atoms with Crippen LogP contribution in [0, 0.1) is 6.92 Å². The molecule has 0 radical (unpaired) electrons. The molecule has 0 saturated heterocycles. The van der Waals surface area contributed by atoms with Crippen LogP contribution in [0.15, 0.2) is 34.7 Å². The maximum absolute atomic E-state index is 12.3. The van der Waals surface area contributed by atoms with Gasteiger partial charge in [0.1, 0.15) is 11.3 Å². The van der Waals surface area contributed by atoms with Crippen molar-refractivity contribution in [3.63, 3.8) is 0 Å². The lowest BCUT2D eigenvalue weighted by molar-refractivity contribution is 0.0694. The second kappa shape index (κ2) is 6.91. The van der Waals surface area contributed by atoms with E-state index in [2.05, 4.69) is 19.2 Å². The highest BCUT2D eigenvalue weighted by Crippen LogP contribution is 2.25. The van der Waals surface area contributed by atoms with Gasteiger partial charge >= 0.3 is 5.97 Å². The smallest absolute Gasteiger partial charge is 0.339 e. The Bertz CT molecular complexity index is 758. The number of aryl methyl sites for hydroxylation is 2. The lowest BCUT2D eigenvalue weighted by Gasteiger charge is -2.27. The van der Waals surface area contributed by atoms with Gasteiger partial charge in [0.25, 0.3) is 5.91 Å². The van der Waals surface area contributed by atoms with Crippen LogP contribution in [0.4, 0.5) is 0 Å². The lowest BCUT2D eigenvalue weighted by Crippen LogP contribution is -2.37. The van der Waals surface area contributed by atoms with Crippen molar-refractivity contribution in [1.82, 2.24) is 5.32 Å². The van der Waals surface area contributed by atoms with E-state index in [1.807, 2.05) is 31.2 Å². The highest BCUT2D eigenvalue weighted by atomic mass is 16.4.